The summed E-state index contributed by atoms with van der Waals surface area (Å²) in [5, 5.41) is 102. The van der Waals surface area contributed by atoms with Gasteiger partial charge >= 0.3 is 12.4 Å². The number of carbonyl (C=O) groups excluding carboxylic acids is 8. The van der Waals surface area contributed by atoms with Crippen molar-refractivity contribution in [3.8, 4) is 17.2 Å². The van der Waals surface area contributed by atoms with Crippen molar-refractivity contribution in [1.29, 1.82) is 0 Å². The summed E-state index contributed by atoms with van der Waals surface area (Å²) in [6.45, 7) is 8.64. The first-order valence-corrected chi connectivity index (χ1v) is 46.5. The van der Waals surface area contributed by atoms with Crippen LogP contribution in [0.4, 0.5) is 57.9 Å². The van der Waals surface area contributed by atoms with Crippen molar-refractivity contribution in [2.75, 3.05) is 99.8 Å². The second-order valence-electron chi connectivity index (χ2n) is 32.7. The molecule has 0 bridgehead atoms. The van der Waals surface area contributed by atoms with Crippen molar-refractivity contribution < 1.29 is 109 Å². The van der Waals surface area contributed by atoms with Crippen molar-refractivity contribution in [2.45, 2.75) is 146 Å². The first-order chi connectivity index (χ1) is 65.8. The molecule has 0 radical (unpaired) electrons. The number of benzene rings is 7. The van der Waals surface area contributed by atoms with Crippen LogP contribution in [-0.4, -0.2) is 214 Å². The molecular weight excluding hydrogens is 2030 g/mol. The molecule has 746 valence electrons. The average molecular weight is 2130 g/mol. The normalized spacial score (nSPS) is 16.4. The van der Waals surface area contributed by atoms with Crippen LogP contribution in [0.1, 0.15) is 190 Å². The van der Waals surface area contributed by atoms with E-state index >= 15 is 0 Å². The number of hydrogen-bond acceptors (Lipinski definition) is 28. The number of aromatic nitrogens is 1. The minimum atomic E-state index is -4.56. The molecule has 0 fully saturated rings. The van der Waals surface area contributed by atoms with Crippen LogP contribution >= 0.6 is 66.7 Å². The second-order valence-corrected chi connectivity index (χ2v) is 35.8. The number of alkyl halides is 8. The zero-order valence-corrected chi connectivity index (χ0v) is 80.7. The molecule has 4 amide bonds. The molecule has 12 rings (SSSR count). The number of Topliss-reactive ketones (excluding diaryl/α,β-unsaturated/α-hetero) is 4. The lowest BCUT2D eigenvalue weighted by Gasteiger charge is -2.20. The highest BCUT2D eigenvalue weighted by molar-refractivity contribution is 9.10. The molecule has 45 heteroatoms. The van der Waals surface area contributed by atoms with Gasteiger partial charge in [0.25, 0.3) is 30.1 Å². The van der Waals surface area contributed by atoms with Crippen LogP contribution in [0, 0.1) is 0 Å². The lowest BCUT2D eigenvalue weighted by atomic mass is 9.90. The van der Waals surface area contributed by atoms with E-state index in [0.29, 0.717) is 118 Å². The fraction of sp³-hybridized carbons (Fsp3) is 0.372. The summed E-state index contributed by atoms with van der Waals surface area (Å²) in [4.78, 5) is 121. The quantitative estimate of drug-likeness (QED) is 0.0170. The number of amides is 4. The first kappa shape index (κ1) is 110. The smallest absolute Gasteiger partial charge is 0.416 e. The third-order valence-corrected chi connectivity index (χ3v) is 23.1. The van der Waals surface area contributed by atoms with Gasteiger partial charge in [-0.1, -0.05) is 94.4 Å². The number of aromatic hydroxyl groups is 3. The monoisotopic (exact) mass is 2130 g/mol. The fourth-order valence-corrected chi connectivity index (χ4v) is 16.3. The molecule has 0 aliphatic carbocycles. The van der Waals surface area contributed by atoms with Crippen molar-refractivity contribution in [3.05, 3.63) is 231 Å². The summed E-state index contributed by atoms with van der Waals surface area (Å²) < 4.78 is 106. The Balaban J connectivity index is 0.000000207. The van der Waals surface area contributed by atoms with Gasteiger partial charge in [-0.05, 0) is 187 Å². The number of halogens is 13. The van der Waals surface area contributed by atoms with E-state index in [1.54, 1.807) is 32.0 Å². The Hall–Kier alpha value is -12.2. The number of phenolic OH excluding ortho intramolecular Hbond substituents is 3. The number of ketones is 4. The highest BCUT2D eigenvalue weighted by Gasteiger charge is 2.35. The highest BCUT2D eigenvalue weighted by Crippen LogP contribution is 2.39. The van der Waals surface area contributed by atoms with E-state index in [9.17, 15) is 109 Å². The van der Waals surface area contributed by atoms with Gasteiger partial charge < -0.3 is 99.5 Å². The number of anilines is 4. The lowest BCUT2D eigenvalue weighted by molar-refractivity contribution is -0.138. The van der Waals surface area contributed by atoms with E-state index in [4.69, 9.17) is 34.8 Å². The molecule has 1 aromatic heterocycles. The van der Waals surface area contributed by atoms with Gasteiger partial charge in [0.2, 0.25) is 0 Å². The first-order valence-electron chi connectivity index (χ1n) is 43.8. The molecule has 0 saturated heterocycles. The summed E-state index contributed by atoms with van der Waals surface area (Å²) in [7, 11) is 0. The van der Waals surface area contributed by atoms with E-state index < -0.39 is 89.8 Å². The Kier molecular flexibility index (Phi) is 41.9. The number of carbonyl (C=O) groups is 8. The number of phenols is 3. The van der Waals surface area contributed by atoms with Crippen LogP contribution in [0.5, 0.6) is 17.2 Å². The molecule has 0 spiro atoms. The van der Waals surface area contributed by atoms with E-state index in [1.807, 2.05) is 26.0 Å². The number of aliphatic imine (C=N–C) groups is 4. The summed E-state index contributed by atoms with van der Waals surface area (Å²) in [6, 6.07) is 30.6. The Morgan fingerprint density at radius 2 is 0.640 bits per heavy atom. The van der Waals surface area contributed by atoms with Gasteiger partial charge in [-0.2, -0.15) is 26.3 Å². The second kappa shape index (κ2) is 52.7. The maximum absolute atomic E-state index is 13.2. The molecule has 4 aliphatic rings. The summed E-state index contributed by atoms with van der Waals surface area (Å²) in [5.74, 6) is -3.32. The molecule has 8 atom stereocenters. The highest BCUT2D eigenvalue weighted by atomic mass is 79.9. The third-order valence-electron chi connectivity index (χ3n) is 21.6. The molecule has 5 heterocycles. The molecular formula is C94H104Br2Cl3F8N17O15. The van der Waals surface area contributed by atoms with Crippen LogP contribution < -0.4 is 63.8 Å². The minimum absolute atomic E-state index is 0.0109. The number of nitrogens with one attached hydrogen (secondary N) is 12. The number of rotatable bonds is 33. The predicted octanol–water partition coefficient (Wildman–Crippen LogP) is 14.2. The van der Waals surface area contributed by atoms with Crippen molar-refractivity contribution in [2.24, 2.45) is 20.0 Å². The zero-order chi connectivity index (χ0) is 102. The molecule has 139 heavy (non-hydrogen) atoms. The predicted molar refractivity (Wildman–Crippen MR) is 519 cm³/mol. The fourth-order valence-electron chi connectivity index (χ4n) is 14.4. The van der Waals surface area contributed by atoms with Gasteiger partial charge in [-0.3, -0.25) is 63.3 Å². The maximum Gasteiger partial charge on any atom is 0.416 e. The standard InChI is InChI=1S/C24H27BrF2N4O4.C24H26ClF3N4O4.C23H26BrClN4O4.C23H25ClF3N5O3/c1-2-13(14-3-15(22(26)27)5-17(25)4-14)7-20(33)10-28-23(35)16-6-18(9-19(32)8-16)31-24-29-11-21(34)12-30-24;1-2-13(14-3-16(24(26,27)28)8-17(25)4-14)6-20(34)10-29-22(36)15-5-18(9-19(33)7-15)32-23-30-11-21(35)12-31-23;1-2-13(14-3-16(24)8-17(25)4-14)6-20(31)10-26-22(33)15-5-18(9-19(30)7-15)29-23-27-11-21(32)12-28-23;1-2-13(14-3-16(23(25,26)27)7-17(24)4-14)6-19(33)10-29-21(35)15-5-18(9-28-8-15)32-22-30-11-20(34)12-31-22/h3-6,8-9,13,21-22,32,34H,2,7,10-12H2,1H3,(H,28,35)(H2,29,30,31);3-5,7-9,13,21,33,35H,2,6,10-12H2,1H3,(H,29,36)(H2,30,31,32);3-5,7-9,13,21,30,32H,2,6,10-12H2,1H3,(H,26,33)(H2,27,28,29);3-5,7-9,13,20,34H,2,6,10-12H2,1H3,(H,29,35)(H2,30,31,32)/t4*13-/m1111/s1. The van der Waals surface area contributed by atoms with Crippen molar-refractivity contribution in [3.63, 3.8) is 0 Å². The summed E-state index contributed by atoms with van der Waals surface area (Å²) in [5.41, 5.74) is 2.67. The Labute approximate surface area is 825 Å². The number of nitrogens with zero attached hydrogens (tertiary/aromatic N) is 5. The van der Waals surface area contributed by atoms with Crippen LogP contribution in [0.15, 0.2) is 175 Å². The molecule has 0 saturated carbocycles. The van der Waals surface area contributed by atoms with E-state index in [-0.39, 0.29) is 168 Å². The van der Waals surface area contributed by atoms with Crippen LogP contribution in [-0.2, 0) is 31.5 Å². The zero-order valence-electron chi connectivity index (χ0n) is 75.2. The SMILES string of the molecule is CC[C@H](CC(=O)CNC(=O)c1cc(O)cc(NC2=NCC(O)CN2)c1)c1cc(Br)cc(C(F)F)c1.CC[C@H](CC(=O)CNC(=O)c1cc(O)cc(NC2=NCC(O)CN2)c1)c1cc(Cl)cc(Br)c1.CC[C@H](CC(=O)CNC(=O)c1cc(O)cc(NC2=NCC(O)CN2)c1)c1cc(Cl)cc(C(F)(F)F)c1.CC[C@H](CC(=O)CNC(=O)c1cncc(NC2=NCC(O)CN2)c1)c1cc(Cl)cc(C(F)(F)F)c1. The number of aliphatic hydroxyl groups is 4. The topological polar surface area (TPSA) is 485 Å². The Morgan fingerprint density at radius 1 is 0.367 bits per heavy atom. The molecule has 19 N–H and O–H groups in total. The number of aliphatic hydroxyl groups excluding tert-OH is 4. The van der Waals surface area contributed by atoms with E-state index in [0.717, 1.165) is 40.7 Å². The van der Waals surface area contributed by atoms with Gasteiger partial charge in [0.1, 0.15) is 17.2 Å². The number of pyridine rings is 1. The average Bonchev–Trinajstić information content (AvgIpc) is 0.819. The van der Waals surface area contributed by atoms with Gasteiger partial charge in [0.05, 0.1) is 105 Å². The van der Waals surface area contributed by atoms with Crippen molar-refractivity contribution in [1.82, 2.24) is 47.5 Å². The van der Waals surface area contributed by atoms with Gasteiger partial charge in [-0.25, -0.2) is 8.78 Å². The molecule has 8 aromatic rings. The van der Waals surface area contributed by atoms with E-state index in [1.165, 1.54) is 91.3 Å². The van der Waals surface area contributed by atoms with Gasteiger partial charge in [0, 0.05) is 140 Å². The summed E-state index contributed by atoms with van der Waals surface area (Å²) in [6.07, 6.45) is -8.84. The largest absolute Gasteiger partial charge is 0.508 e. The number of β-amino-alcohol motifs (C(OH)–C–C–N with tert-alkyl or cyclic N) is 4. The van der Waals surface area contributed by atoms with Crippen LogP contribution in [0.2, 0.25) is 15.1 Å². The van der Waals surface area contributed by atoms with Gasteiger partial charge in [0.15, 0.2) is 47.0 Å². The number of hydrogen-bond donors (Lipinski definition) is 19. The summed E-state index contributed by atoms with van der Waals surface area (Å²) >= 11 is 24.5. The van der Waals surface area contributed by atoms with Crippen LogP contribution in [0.25, 0.3) is 0 Å². The lowest BCUT2D eigenvalue weighted by Crippen LogP contribution is -2.42. The third kappa shape index (κ3) is 36.5. The minimum Gasteiger partial charge on any atom is -0.508 e. The van der Waals surface area contributed by atoms with Gasteiger partial charge in [-0.15, -0.1) is 0 Å². The molecule has 4 unspecified atom stereocenters. The molecule has 32 nitrogen and oxygen atoms in total. The Bertz CT molecular complexity index is 5810. The van der Waals surface area contributed by atoms with Crippen molar-refractivity contribution >= 4 is 160 Å². The molecule has 4 aliphatic heterocycles. The maximum atomic E-state index is 13.2. The number of guanidine groups is 4. The Morgan fingerprint density at radius 3 is 0.928 bits per heavy atom. The molecule has 7 aromatic carbocycles. The van der Waals surface area contributed by atoms with Crippen LogP contribution in [0.3, 0.4) is 0 Å². The van der Waals surface area contributed by atoms with E-state index in [2.05, 4.69) is 121 Å².